The summed E-state index contributed by atoms with van der Waals surface area (Å²) < 4.78 is 27.5. The zero-order chi connectivity index (χ0) is 20.3. The zero-order valence-electron chi connectivity index (χ0n) is 15.9. The summed E-state index contributed by atoms with van der Waals surface area (Å²) in [5, 5.41) is 9.51. The van der Waals surface area contributed by atoms with E-state index in [-0.39, 0.29) is 4.90 Å². The molecule has 2 aromatic carbocycles. The maximum absolute atomic E-state index is 12.5. The molecular formula is C20H22N6O2S. The number of fused-ring (bicyclic) bond motifs is 4. The number of nitrogens with zero attached hydrogens (tertiary/aromatic N) is 2. The largest absolute Gasteiger partial charge is 0.388 e. The minimum Gasteiger partial charge on any atom is -0.388 e. The maximum atomic E-state index is 12.5. The minimum absolute atomic E-state index is 0.205. The van der Waals surface area contributed by atoms with Crippen LogP contribution < -0.4 is 20.7 Å². The van der Waals surface area contributed by atoms with Gasteiger partial charge in [0.2, 0.25) is 16.0 Å². The summed E-state index contributed by atoms with van der Waals surface area (Å²) in [6, 6.07) is 14.6. The molecule has 8 nitrogen and oxygen atoms in total. The summed E-state index contributed by atoms with van der Waals surface area (Å²) in [4.78, 5) is 9.26. The maximum Gasteiger partial charge on any atom is 0.240 e. The Hall–Kier alpha value is -3.17. The fourth-order valence-corrected chi connectivity index (χ4v) is 4.18. The van der Waals surface area contributed by atoms with Crippen LogP contribution in [0.25, 0.3) is 11.1 Å². The normalized spacial score (nSPS) is 15.6. The van der Waals surface area contributed by atoms with Crippen LogP contribution >= 0.6 is 0 Å². The molecule has 1 aliphatic rings. The lowest BCUT2D eigenvalue weighted by Gasteiger charge is -2.13. The lowest BCUT2D eigenvalue weighted by molar-refractivity contribution is 0.580. The van der Waals surface area contributed by atoms with E-state index in [1.165, 1.54) is 0 Å². The van der Waals surface area contributed by atoms with Crippen LogP contribution in [0.5, 0.6) is 0 Å². The van der Waals surface area contributed by atoms with Gasteiger partial charge in [0.15, 0.2) is 0 Å². The van der Waals surface area contributed by atoms with Gasteiger partial charge in [-0.25, -0.2) is 18.1 Å². The van der Waals surface area contributed by atoms with Gasteiger partial charge in [-0.3, -0.25) is 0 Å². The molecule has 0 fully saturated rings. The lowest BCUT2D eigenvalue weighted by atomic mass is 10.1. The van der Waals surface area contributed by atoms with Gasteiger partial charge in [-0.15, -0.1) is 0 Å². The van der Waals surface area contributed by atoms with Crippen molar-refractivity contribution in [3.05, 3.63) is 54.7 Å². The predicted octanol–water partition coefficient (Wildman–Crippen LogP) is 3.02. The zero-order valence-corrected chi connectivity index (χ0v) is 16.8. The van der Waals surface area contributed by atoms with Gasteiger partial charge in [0.1, 0.15) is 5.82 Å². The number of anilines is 4. The number of aromatic nitrogens is 2. The highest BCUT2D eigenvalue weighted by molar-refractivity contribution is 7.89. The molecule has 0 amide bonds. The third-order valence-corrected chi connectivity index (χ3v) is 6.07. The molecule has 0 radical (unpaired) electrons. The van der Waals surface area contributed by atoms with Crippen molar-refractivity contribution in [1.29, 1.82) is 0 Å². The first-order valence-corrected chi connectivity index (χ1v) is 10.8. The van der Waals surface area contributed by atoms with Crippen molar-refractivity contribution in [2.75, 3.05) is 36.1 Å². The Kier molecular flexibility index (Phi) is 5.32. The second kappa shape index (κ2) is 8.06. The van der Waals surface area contributed by atoms with Crippen molar-refractivity contribution in [3.63, 3.8) is 0 Å². The number of nitrogens with one attached hydrogen (secondary N) is 4. The van der Waals surface area contributed by atoms with Gasteiger partial charge in [-0.05, 0) is 42.3 Å². The molecule has 150 valence electrons. The minimum atomic E-state index is -3.56. The highest BCUT2D eigenvalue weighted by Gasteiger charge is 2.16. The van der Waals surface area contributed by atoms with E-state index in [0.29, 0.717) is 37.0 Å². The highest BCUT2D eigenvalue weighted by Crippen LogP contribution is 2.29. The van der Waals surface area contributed by atoms with Crippen LogP contribution in [0.3, 0.4) is 0 Å². The third kappa shape index (κ3) is 4.30. The average Bonchev–Trinajstić information content (AvgIpc) is 2.74. The van der Waals surface area contributed by atoms with Crippen LogP contribution in [0.2, 0.25) is 0 Å². The van der Waals surface area contributed by atoms with Crippen LogP contribution in [0.4, 0.5) is 23.1 Å². The third-order valence-electron chi connectivity index (χ3n) is 4.61. The number of hydrogen-bond donors (Lipinski definition) is 4. The first kappa shape index (κ1) is 19.2. The molecule has 3 aromatic rings. The van der Waals surface area contributed by atoms with E-state index < -0.39 is 10.0 Å². The van der Waals surface area contributed by atoms with E-state index in [9.17, 15) is 8.42 Å². The van der Waals surface area contributed by atoms with E-state index in [1.807, 2.05) is 31.3 Å². The number of rotatable bonds is 2. The summed E-state index contributed by atoms with van der Waals surface area (Å²) in [5.74, 6) is 1.09. The van der Waals surface area contributed by atoms with E-state index in [2.05, 4.69) is 30.6 Å². The quantitative estimate of drug-likeness (QED) is 0.514. The van der Waals surface area contributed by atoms with Crippen molar-refractivity contribution in [2.45, 2.75) is 11.3 Å². The molecule has 0 saturated carbocycles. The van der Waals surface area contributed by atoms with Gasteiger partial charge in [0, 0.05) is 43.3 Å². The van der Waals surface area contributed by atoms with Gasteiger partial charge < -0.3 is 16.0 Å². The summed E-state index contributed by atoms with van der Waals surface area (Å²) in [7, 11) is -1.68. The molecule has 0 saturated heterocycles. The molecule has 0 aliphatic carbocycles. The Morgan fingerprint density at radius 2 is 1.90 bits per heavy atom. The smallest absolute Gasteiger partial charge is 0.240 e. The molecule has 4 bridgehead atoms. The molecular weight excluding hydrogens is 388 g/mol. The lowest BCUT2D eigenvalue weighted by Crippen LogP contribution is -2.26. The second-order valence-corrected chi connectivity index (χ2v) is 8.38. The predicted molar refractivity (Wildman–Crippen MR) is 115 cm³/mol. The molecule has 1 aromatic heterocycles. The molecule has 0 spiro atoms. The first-order valence-electron chi connectivity index (χ1n) is 9.31. The van der Waals surface area contributed by atoms with Gasteiger partial charge in [-0.2, -0.15) is 4.98 Å². The Balaban J connectivity index is 1.72. The average molecular weight is 411 g/mol. The van der Waals surface area contributed by atoms with Crippen molar-refractivity contribution in [1.82, 2.24) is 14.7 Å². The van der Waals surface area contributed by atoms with Crippen molar-refractivity contribution < 1.29 is 8.42 Å². The number of hydrogen-bond acceptors (Lipinski definition) is 7. The van der Waals surface area contributed by atoms with Crippen molar-refractivity contribution in [2.24, 2.45) is 0 Å². The Morgan fingerprint density at radius 1 is 1.07 bits per heavy atom. The van der Waals surface area contributed by atoms with Crippen LogP contribution in [-0.4, -0.2) is 38.5 Å². The summed E-state index contributed by atoms with van der Waals surface area (Å²) >= 11 is 0. The van der Waals surface area contributed by atoms with Crippen LogP contribution in [0.1, 0.15) is 6.42 Å². The summed E-state index contributed by atoms with van der Waals surface area (Å²) in [5.41, 5.74) is 3.49. The molecule has 0 unspecified atom stereocenters. The van der Waals surface area contributed by atoms with Gasteiger partial charge in [0.05, 0.1) is 4.90 Å². The molecule has 4 rings (SSSR count). The summed E-state index contributed by atoms with van der Waals surface area (Å²) in [6.45, 7) is 0.898. The highest BCUT2D eigenvalue weighted by atomic mass is 32.2. The molecule has 29 heavy (non-hydrogen) atoms. The van der Waals surface area contributed by atoms with E-state index in [4.69, 9.17) is 0 Å². The van der Waals surface area contributed by atoms with Crippen LogP contribution in [-0.2, 0) is 10.0 Å². The van der Waals surface area contributed by atoms with Gasteiger partial charge in [0.25, 0.3) is 0 Å². The van der Waals surface area contributed by atoms with Crippen LogP contribution in [0, 0.1) is 0 Å². The topological polar surface area (TPSA) is 108 Å². The molecule has 1 aliphatic heterocycles. The molecule has 9 heteroatoms. The fraction of sp³-hybridized carbons (Fsp3) is 0.200. The Labute approximate surface area is 169 Å². The first-order chi connectivity index (χ1) is 14.0. The van der Waals surface area contributed by atoms with Crippen molar-refractivity contribution >= 4 is 33.2 Å². The van der Waals surface area contributed by atoms with E-state index in [0.717, 1.165) is 16.8 Å². The Bertz CT molecular complexity index is 1120. The Morgan fingerprint density at radius 3 is 2.69 bits per heavy atom. The number of sulfonamides is 1. The standard InChI is InChI=1S/C20H22N6O2S/c1-21-15-8-6-14(7-9-15)18-13-23-20-25-16-4-2-5-17(12-16)29(27,28)24-11-3-10-22-19(18)26-20/h2,4-9,12-13,21,24H,3,10-11H2,1H3,(H2,22,23,25,26). The van der Waals surface area contributed by atoms with E-state index in [1.54, 1.807) is 30.5 Å². The second-order valence-electron chi connectivity index (χ2n) is 6.61. The fourth-order valence-electron chi connectivity index (χ4n) is 3.06. The molecule has 4 N–H and O–H groups in total. The van der Waals surface area contributed by atoms with Gasteiger partial charge in [-0.1, -0.05) is 18.2 Å². The van der Waals surface area contributed by atoms with E-state index >= 15 is 0 Å². The molecule has 2 heterocycles. The summed E-state index contributed by atoms with van der Waals surface area (Å²) in [6.07, 6.45) is 2.38. The molecule has 0 atom stereocenters. The SMILES string of the molecule is CNc1ccc(-c2cnc3nc2NCCCNS(=O)(=O)c2cccc(c2)N3)cc1. The van der Waals surface area contributed by atoms with Gasteiger partial charge >= 0.3 is 0 Å². The van der Waals surface area contributed by atoms with Crippen LogP contribution in [0.15, 0.2) is 59.6 Å². The monoisotopic (exact) mass is 410 g/mol. The van der Waals surface area contributed by atoms with Crippen molar-refractivity contribution in [3.8, 4) is 11.1 Å². The number of benzene rings is 2.